The molecule has 1 aliphatic heterocycles. The molecule has 2 aliphatic rings. The van der Waals surface area contributed by atoms with Gasteiger partial charge in [0.05, 0.1) is 6.61 Å². The Kier molecular flexibility index (Phi) is 4.35. The number of nitrogens with zero attached hydrogens (tertiary/aromatic N) is 1. The summed E-state index contributed by atoms with van der Waals surface area (Å²) in [6, 6.07) is 0. The Morgan fingerprint density at radius 1 is 1.28 bits per heavy atom. The summed E-state index contributed by atoms with van der Waals surface area (Å²) in [7, 11) is 1.82. The molecule has 1 heterocycles. The number of likely N-dealkylation sites (tertiary alicyclic amines) is 1. The summed E-state index contributed by atoms with van der Waals surface area (Å²) in [6.45, 7) is 8.92. The van der Waals surface area contributed by atoms with Gasteiger partial charge in [0.25, 0.3) is 0 Å². The smallest absolute Gasteiger partial charge is 0.0502 e. The molecular weight excluding hydrogens is 224 g/mol. The summed E-state index contributed by atoms with van der Waals surface area (Å²) in [5, 5.41) is 0. The lowest BCUT2D eigenvalue weighted by Gasteiger charge is -2.52. The van der Waals surface area contributed by atoms with Crippen molar-refractivity contribution in [3.8, 4) is 0 Å². The Morgan fingerprint density at radius 3 is 2.61 bits per heavy atom. The first kappa shape index (κ1) is 14.3. The standard InChI is InChI=1S/C15H30N2O/c1-14(2)7-5-8-15(14,12-16)17-9-4-6-13(10-17)11-18-3/h13H,4-12,16H2,1-3H3. The van der Waals surface area contributed by atoms with Crippen LogP contribution in [0.1, 0.15) is 46.0 Å². The number of methoxy groups -OCH3 is 1. The van der Waals surface area contributed by atoms with E-state index in [1.807, 2.05) is 7.11 Å². The van der Waals surface area contributed by atoms with Crippen molar-refractivity contribution < 1.29 is 4.74 Å². The van der Waals surface area contributed by atoms with Gasteiger partial charge in [-0.2, -0.15) is 0 Å². The second-order valence-corrected chi connectivity index (χ2v) is 6.88. The Hall–Kier alpha value is -0.120. The molecule has 2 N–H and O–H groups in total. The fourth-order valence-corrected chi connectivity index (χ4v) is 4.31. The topological polar surface area (TPSA) is 38.5 Å². The largest absolute Gasteiger partial charge is 0.384 e. The Labute approximate surface area is 112 Å². The zero-order valence-corrected chi connectivity index (χ0v) is 12.4. The SMILES string of the molecule is COCC1CCCN(C2(CN)CCCC2(C)C)C1. The van der Waals surface area contributed by atoms with E-state index >= 15 is 0 Å². The van der Waals surface area contributed by atoms with Crippen LogP contribution in [0.15, 0.2) is 0 Å². The predicted octanol–water partition coefficient (Wildman–Crippen LogP) is 2.25. The summed E-state index contributed by atoms with van der Waals surface area (Å²) in [5.74, 6) is 0.698. The summed E-state index contributed by atoms with van der Waals surface area (Å²) >= 11 is 0. The van der Waals surface area contributed by atoms with E-state index in [0.717, 1.165) is 13.2 Å². The van der Waals surface area contributed by atoms with E-state index < -0.39 is 0 Å². The van der Waals surface area contributed by atoms with Gasteiger partial charge in [0, 0.05) is 25.7 Å². The average molecular weight is 254 g/mol. The number of nitrogens with two attached hydrogens (primary N) is 1. The van der Waals surface area contributed by atoms with Crippen molar-refractivity contribution in [2.75, 3.05) is 33.4 Å². The van der Waals surface area contributed by atoms with E-state index in [9.17, 15) is 0 Å². The number of hydrogen-bond donors (Lipinski definition) is 1. The van der Waals surface area contributed by atoms with Gasteiger partial charge in [0.2, 0.25) is 0 Å². The molecule has 18 heavy (non-hydrogen) atoms. The normalized spacial score (nSPS) is 37.0. The first-order valence-electron chi connectivity index (χ1n) is 7.50. The monoisotopic (exact) mass is 254 g/mol. The molecule has 2 rings (SSSR count). The van der Waals surface area contributed by atoms with Gasteiger partial charge < -0.3 is 10.5 Å². The minimum atomic E-state index is 0.236. The van der Waals surface area contributed by atoms with Crippen molar-refractivity contribution in [1.82, 2.24) is 4.90 Å². The number of rotatable bonds is 4. The van der Waals surface area contributed by atoms with E-state index in [4.69, 9.17) is 10.5 Å². The molecule has 1 saturated carbocycles. The molecule has 0 radical (unpaired) electrons. The maximum Gasteiger partial charge on any atom is 0.0502 e. The molecule has 0 aromatic heterocycles. The fraction of sp³-hybridized carbons (Fsp3) is 1.00. The molecule has 0 spiro atoms. The van der Waals surface area contributed by atoms with Gasteiger partial charge in [-0.1, -0.05) is 20.3 Å². The minimum absolute atomic E-state index is 0.236. The van der Waals surface area contributed by atoms with Crippen LogP contribution in [-0.4, -0.2) is 43.8 Å². The van der Waals surface area contributed by atoms with Gasteiger partial charge in [-0.15, -0.1) is 0 Å². The molecule has 0 aromatic carbocycles. The third-order valence-corrected chi connectivity index (χ3v) is 5.52. The summed E-state index contributed by atoms with van der Waals surface area (Å²) in [5.41, 5.74) is 6.82. The quantitative estimate of drug-likeness (QED) is 0.836. The van der Waals surface area contributed by atoms with Crippen LogP contribution in [-0.2, 0) is 4.74 Å². The van der Waals surface area contributed by atoms with Gasteiger partial charge in [0.15, 0.2) is 0 Å². The lowest BCUT2D eigenvalue weighted by molar-refractivity contribution is -0.0274. The van der Waals surface area contributed by atoms with E-state index in [2.05, 4.69) is 18.7 Å². The zero-order chi connectivity index (χ0) is 13.2. The van der Waals surface area contributed by atoms with Crippen LogP contribution in [0.25, 0.3) is 0 Å². The van der Waals surface area contributed by atoms with Crippen LogP contribution in [0.3, 0.4) is 0 Å². The average Bonchev–Trinajstić information content (AvgIpc) is 2.66. The van der Waals surface area contributed by atoms with Crippen LogP contribution in [0.2, 0.25) is 0 Å². The third kappa shape index (κ3) is 2.33. The molecule has 1 saturated heterocycles. The predicted molar refractivity (Wildman–Crippen MR) is 75.6 cm³/mol. The Bertz CT molecular complexity index is 278. The first-order chi connectivity index (χ1) is 8.55. The highest BCUT2D eigenvalue weighted by atomic mass is 16.5. The number of ether oxygens (including phenoxy) is 1. The molecule has 2 atom stereocenters. The highest BCUT2D eigenvalue weighted by Gasteiger charge is 2.52. The van der Waals surface area contributed by atoms with Crippen LogP contribution in [0.4, 0.5) is 0 Å². The van der Waals surface area contributed by atoms with Crippen LogP contribution in [0.5, 0.6) is 0 Å². The molecule has 0 aromatic rings. The van der Waals surface area contributed by atoms with Gasteiger partial charge in [0.1, 0.15) is 0 Å². The number of hydrogen-bond acceptors (Lipinski definition) is 3. The van der Waals surface area contributed by atoms with E-state index in [1.165, 1.54) is 45.2 Å². The maximum atomic E-state index is 6.22. The molecule has 106 valence electrons. The zero-order valence-electron chi connectivity index (χ0n) is 12.4. The Balaban J connectivity index is 2.12. The highest BCUT2D eigenvalue weighted by Crippen LogP contribution is 2.50. The fourth-order valence-electron chi connectivity index (χ4n) is 4.31. The molecule has 3 heteroatoms. The molecule has 2 fully saturated rings. The van der Waals surface area contributed by atoms with Crippen molar-refractivity contribution in [2.45, 2.75) is 51.5 Å². The van der Waals surface area contributed by atoms with Gasteiger partial charge in [-0.25, -0.2) is 0 Å². The second-order valence-electron chi connectivity index (χ2n) is 6.88. The Morgan fingerprint density at radius 2 is 2.06 bits per heavy atom. The first-order valence-corrected chi connectivity index (χ1v) is 7.50. The van der Waals surface area contributed by atoms with E-state index in [1.54, 1.807) is 0 Å². The van der Waals surface area contributed by atoms with Crippen molar-refractivity contribution >= 4 is 0 Å². The molecule has 2 unspecified atom stereocenters. The van der Waals surface area contributed by atoms with Gasteiger partial charge in [-0.3, -0.25) is 4.90 Å². The van der Waals surface area contributed by atoms with Crippen LogP contribution in [0, 0.1) is 11.3 Å². The second kappa shape index (κ2) is 5.48. The lowest BCUT2D eigenvalue weighted by atomic mass is 9.72. The minimum Gasteiger partial charge on any atom is -0.384 e. The van der Waals surface area contributed by atoms with Crippen molar-refractivity contribution in [3.63, 3.8) is 0 Å². The summed E-state index contributed by atoms with van der Waals surface area (Å²) < 4.78 is 5.35. The van der Waals surface area contributed by atoms with Gasteiger partial charge >= 0.3 is 0 Å². The maximum absolute atomic E-state index is 6.22. The molecule has 0 bridgehead atoms. The molecule has 1 aliphatic carbocycles. The van der Waals surface area contributed by atoms with Crippen molar-refractivity contribution in [3.05, 3.63) is 0 Å². The van der Waals surface area contributed by atoms with Crippen molar-refractivity contribution in [1.29, 1.82) is 0 Å². The summed E-state index contributed by atoms with van der Waals surface area (Å²) in [6.07, 6.45) is 6.53. The highest BCUT2D eigenvalue weighted by molar-refractivity contribution is 5.07. The molecular formula is C15H30N2O. The third-order valence-electron chi connectivity index (χ3n) is 5.52. The number of piperidine rings is 1. The van der Waals surface area contributed by atoms with Gasteiger partial charge in [-0.05, 0) is 43.6 Å². The van der Waals surface area contributed by atoms with Crippen LogP contribution >= 0.6 is 0 Å². The van der Waals surface area contributed by atoms with Crippen molar-refractivity contribution in [2.24, 2.45) is 17.1 Å². The summed E-state index contributed by atoms with van der Waals surface area (Å²) in [4.78, 5) is 2.70. The van der Waals surface area contributed by atoms with E-state index in [0.29, 0.717) is 11.3 Å². The van der Waals surface area contributed by atoms with Crippen LogP contribution < -0.4 is 5.73 Å². The van der Waals surface area contributed by atoms with E-state index in [-0.39, 0.29) is 5.54 Å². The lowest BCUT2D eigenvalue weighted by Crippen LogP contribution is -2.62. The molecule has 3 nitrogen and oxygen atoms in total. The molecule has 0 amide bonds.